The lowest BCUT2D eigenvalue weighted by Gasteiger charge is -2.21. The van der Waals surface area contributed by atoms with Crippen molar-refractivity contribution in [1.29, 1.82) is 0 Å². The first kappa shape index (κ1) is 105. The van der Waals surface area contributed by atoms with Gasteiger partial charge in [-0.25, -0.2) is 9.13 Å². The van der Waals surface area contributed by atoms with E-state index in [-0.39, 0.29) is 25.7 Å². The van der Waals surface area contributed by atoms with Gasteiger partial charge in [-0.3, -0.25) is 37.3 Å². The van der Waals surface area contributed by atoms with Gasteiger partial charge in [0.1, 0.15) is 19.3 Å². The highest BCUT2D eigenvalue weighted by molar-refractivity contribution is 7.47. The minimum Gasteiger partial charge on any atom is -0.462 e. The SMILES string of the molecule is CC/C=C\C/C=C\C/C=C\C/C=C\C/C=C\C/C=C\CCC(=O)OCC(COP(=O)(O)OCC(O)COP(=O)(O)OCC(COC(=O)CCC/C=C\C/C=C\C/C=C\C/C=C\C/C=C\CC)OC(=O)CCCCCCCCC/C=C\C/C=C\C/C=C\CC)OC(=O)CC/C=C\C/C=C\C/C=C\C/C=C\C/C=C\C/C=C\CC. The number of carbonyl (C=O) groups is 4. The summed E-state index contributed by atoms with van der Waals surface area (Å²) in [5.41, 5.74) is 0. The quantitative estimate of drug-likeness (QED) is 0.0169. The Labute approximate surface area is 676 Å². The third kappa shape index (κ3) is 80.9. The molecule has 0 aliphatic rings. The number of hydrogen-bond donors (Lipinski definition) is 3. The average Bonchev–Trinajstić information content (AvgIpc) is 0.898. The van der Waals surface area contributed by atoms with Crippen molar-refractivity contribution in [2.24, 2.45) is 0 Å². The molecule has 0 heterocycles. The van der Waals surface area contributed by atoms with E-state index in [2.05, 4.69) is 222 Å². The summed E-state index contributed by atoms with van der Waals surface area (Å²) in [6.07, 6.45) is 107. The fourth-order valence-electron chi connectivity index (χ4n) is 9.73. The fraction of sp³-hybridized carbons (Fsp3) is 0.527. The molecule has 0 saturated heterocycles. The van der Waals surface area contributed by atoms with E-state index in [1.807, 2.05) is 48.6 Å². The van der Waals surface area contributed by atoms with Crippen molar-refractivity contribution < 1.29 is 80.2 Å². The van der Waals surface area contributed by atoms with Crippen LogP contribution in [0.1, 0.15) is 259 Å². The van der Waals surface area contributed by atoms with Gasteiger partial charge in [-0.2, -0.15) is 0 Å². The van der Waals surface area contributed by atoms with Crippen LogP contribution in [0.3, 0.4) is 0 Å². The number of aliphatic hydroxyl groups is 1. The molecular weight excluding hydrogens is 1450 g/mol. The Kier molecular flexibility index (Phi) is 76.6. The molecule has 0 rings (SSSR count). The lowest BCUT2D eigenvalue weighted by molar-refractivity contribution is -0.161. The topological polar surface area (TPSA) is 237 Å². The number of phosphoric ester groups is 2. The van der Waals surface area contributed by atoms with Gasteiger partial charge in [0, 0.05) is 25.7 Å². The summed E-state index contributed by atoms with van der Waals surface area (Å²) in [6.45, 7) is 4.13. The highest BCUT2D eigenvalue weighted by atomic mass is 31.2. The van der Waals surface area contributed by atoms with Crippen molar-refractivity contribution in [3.05, 3.63) is 243 Å². The second-order valence-corrected chi connectivity index (χ2v) is 29.1. The molecule has 5 atom stereocenters. The standard InChI is InChI=1S/C93H142O17P2/c1-5-9-13-17-21-25-29-33-37-41-43-47-50-54-58-62-66-70-74-78-91(96)104-84-89(110-93(98)80-76-72-68-64-60-56-52-48-44-42-38-34-30-26-22-18-14-10-6-2)86-108-112(101,102)106-82-87(94)81-105-111(99,100)107-85-88(109-92(97)79-75-71-67-63-59-55-51-46-40-36-32-28-24-20-16-12-8-4)83-103-90(95)77-73-69-65-61-57-53-49-45-39-35-31-27-23-19-15-11-7-3/h9-16,21-28,33-40,43-44,47-49,53-54,56,58,60-61,65-66,68,70,72,87-89,94H,5-8,17-20,29-32,41-42,45-46,50-52,55,57,59,62-64,67,69,71,73-86H2,1-4H3,(H,99,100)(H,101,102)/b13-9-,14-10-,15-11-,16-12-,25-21-,26-22-,27-23-,28-24-,37-33-,38-34-,39-35-,40-36-,47-43-,48-44-,53-49-,58-54-,60-56-,65-61-,70-66-,72-68-. The predicted molar refractivity (Wildman–Crippen MR) is 463 cm³/mol. The molecule has 0 fully saturated rings. The van der Waals surface area contributed by atoms with E-state index in [1.54, 1.807) is 0 Å². The molecule has 626 valence electrons. The van der Waals surface area contributed by atoms with Gasteiger partial charge in [0.05, 0.1) is 26.4 Å². The van der Waals surface area contributed by atoms with Crippen LogP contribution in [-0.4, -0.2) is 96.7 Å². The molecule has 0 aromatic rings. The molecule has 3 N–H and O–H groups in total. The molecule has 5 unspecified atom stereocenters. The van der Waals surface area contributed by atoms with Crippen LogP contribution in [0.25, 0.3) is 0 Å². The molecular formula is C93H142O17P2. The summed E-state index contributed by atoms with van der Waals surface area (Å²) in [5, 5.41) is 10.7. The lowest BCUT2D eigenvalue weighted by atomic mass is 10.1. The maximum absolute atomic E-state index is 13.1. The Bertz CT molecular complexity index is 3090. The predicted octanol–water partition coefficient (Wildman–Crippen LogP) is 24.8. The molecule has 112 heavy (non-hydrogen) atoms. The van der Waals surface area contributed by atoms with Gasteiger partial charge in [0.2, 0.25) is 0 Å². The summed E-state index contributed by atoms with van der Waals surface area (Å²) < 4.78 is 68.5. The van der Waals surface area contributed by atoms with Crippen LogP contribution >= 0.6 is 15.6 Å². The van der Waals surface area contributed by atoms with Crippen molar-refractivity contribution in [1.82, 2.24) is 0 Å². The Hall–Kier alpha value is -7.14. The van der Waals surface area contributed by atoms with Crippen LogP contribution in [0.5, 0.6) is 0 Å². The number of phosphoric acid groups is 2. The van der Waals surface area contributed by atoms with Gasteiger partial charge in [-0.1, -0.05) is 303 Å². The van der Waals surface area contributed by atoms with Crippen molar-refractivity contribution in [2.75, 3.05) is 39.6 Å². The van der Waals surface area contributed by atoms with Gasteiger partial charge in [-0.05, 0) is 173 Å². The third-order valence-electron chi connectivity index (χ3n) is 15.8. The van der Waals surface area contributed by atoms with E-state index in [1.165, 1.54) is 0 Å². The van der Waals surface area contributed by atoms with E-state index in [9.17, 15) is 43.2 Å². The summed E-state index contributed by atoms with van der Waals surface area (Å²) in [6, 6.07) is 0. The van der Waals surface area contributed by atoms with E-state index in [4.69, 9.17) is 37.0 Å². The number of ether oxygens (including phenoxy) is 4. The summed E-state index contributed by atoms with van der Waals surface area (Å²) in [5.74, 6) is -2.48. The van der Waals surface area contributed by atoms with Crippen molar-refractivity contribution in [3.8, 4) is 0 Å². The number of unbranched alkanes of at least 4 members (excludes halogenated alkanes) is 8. The number of aliphatic hydroxyl groups excluding tert-OH is 1. The Balaban J connectivity index is 5.61. The van der Waals surface area contributed by atoms with Crippen LogP contribution < -0.4 is 0 Å². The molecule has 0 bridgehead atoms. The summed E-state index contributed by atoms with van der Waals surface area (Å²) in [4.78, 5) is 73.1. The second kappa shape index (κ2) is 81.9. The smallest absolute Gasteiger partial charge is 0.462 e. The van der Waals surface area contributed by atoms with E-state index < -0.39 is 97.5 Å². The van der Waals surface area contributed by atoms with Gasteiger partial charge < -0.3 is 33.8 Å². The first-order valence-corrected chi connectivity index (χ1v) is 44.3. The maximum atomic E-state index is 13.1. The molecule has 0 aliphatic heterocycles. The van der Waals surface area contributed by atoms with E-state index in [0.29, 0.717) is 44.9 Å². The van der Waals surface area contributed by atoms with Crippen LogP contribution in [0.15, 0.2) is 243 Å². The van der Waals surface area contributed by atoms with E-state index >= 15 is 0 Å². The number of esters is 4. The normalized spacial score (nSPS) is 15.0. The molecule has 0 amide bonds. The molecule has 17 nitrogen and oxygen atoms in total. The largest absolute Gasteiger partial charge is 0.472 e. The number of hydrogen-bond acceptors (Lipinski definition) is 15. The van der Waals surface area contributed by atoms with Crippen LogP contribution in [0.4, 0.5) is 0 Å². The average molecular weight is 1590 g/mol. The Morgan fingerprint density at radius 2 is 0.464 bits per heavy atom. The highest BCUT2D eigenvalue weighted by Crippen LogP contribution is 2.45. The molecule has 0 spiro atoms. The number of rotatable bonds is 74. The van der Waals surface area contributed by atoms with Crippen molar-refractivity contribution >= 4 is 39.5 Å². The minimum absolute atomic E-state index is 0.00779. The third-order valence-corrected chi connectivity index (χ3v) is 17.7. The maximum Gasteiger partial charge on any atom is 0.472 e. The van der Waals surface area contributed by atoms with Gasteiger partial charge >= 0.3 is 39.5 Å². The Morgan fingerprint density at radius 3 is 0.768 bits per heavy atom. The van der Waals surface area contributed by atoms with Crippen molar-refractivity contribution in [3.63, 3.8) is 0 Å². The molecule has 0 aromatic heterocycles. The monoisotopic (exact) mass is 1590 g/mol. The molecule has 0 radical (unpaired) electrons. The van der Waals surface area contributed by atoms with Gasteiger partial charge in [0.15, 0.2) is 12.2 Å². The van der Waals surface area contributed by atoms with Crippen LogP contribution in [0.2, 0.25) is 0 Å². The van der Waals surface area contributed by atoms with Crippen LogP contribution in [0, 0.1) is 0 Å². The van der Waals surface area contributed by atoms with Crippen molar-refractivity contribution in [2.45, 2.75) is 277 Å². The number of carbonyl (C=O) groups excluding carboxylic acids is 4. The molecule has 19 heteroatoms. The van der Waals surface area contributed by atoms with Crippen LogP contribution in [-0.2, 0) is 65.4 Å². The molecule has 0 aliphatic carbocycles. The number of allylic oxidation sites excluding steroid dienone is 40. The molecule has 0 saturated carbocycles. The molecule has 0 aromatic carbocycles. The fourth-order valence-corrected chi connectivity index (χ4v) is 11.3. The van der Waals surface area contributed by atoms with Gasteiger partial charge in [-0.15, -0.1) is 0 Å². The van der Waals surface area contributed by atoms with E-state index in [0.717, 1.165) is 161 Å². The first-order chi connectivity index (χ1) is 54.7. The lowest BCUT2D eigenvalue weighted by Crippen LogP contribution is -2.30. The highest BCUT2D eigenvalue weighted by Gasteiger charge is 2.30. The summed E-state index contributed by atoms with van der Waals surface area (Å²) in [7, 11) is -10.1. The Morgan fingerprint density at radius 1 is 0.250 bits per heavy atom. The second-order valence-electron chi connectivity index (χ2n) is 26.2. The summed E-state index contributed by atoms with van der Waals surface area (Å²) >= 11 is 0. The van der Waals surface area contributed by atoms with Gasteiger partial charge in [0.25, 0.3) is 0 Å². The zero-order valence-corrected chi connectivity index (χ0v) is 70.3. The zero-order valence-electron chi connectivity index (χ0n) is 68.5. The zero-order chi connectivity index (χ0) is 81.7. The first-order valence-electron chi connectivity index (χ1n) is 41.3. The minimum atomic E-state index is -5.04.